The Morgan fingerprint density at radius 2 is 1.95 bits per heavy atom. The summed E-state index contributed by atoms with van der Waals surface area (Å²) in [5.74, 6) is 1.21. The van der Waals surface area contributed by atoms with Crippen LogP contribution in [0.25, 0.3) is 6.20 Å². The number of ether oxygens (including phenoxy) is 1. The van der Waals surface area contributed by atoms with Gasteiger partial charge in [-0.25, -0.2) is 4.57 Å². The number of methoxy groups -OCH3 is 1. The molecule has 0 spiro atoms. The molecule has 0 saturated carbocycles. The number of nitrogens with two attached hydrogens (primary N) is 1. The second kappa shape index (κ2) is 5.82. The van der Waals surface area contributed by atoms with E-state index in [0.29, 0.717) is 11.4 Å². The summed E-state index contributed by atoms with van der Waals surface area (Å²) in [7, 11) is 1.59. The Hall–Kier alpha value is -2.62. The number of aromatic nitrogens is 1. The summed E-state index contributed by atoms with van der Waals surface area (Å²) in [6.45, 7) is 0. The van der Waals surface area contributed by atoms with Gasteiger partial charge in [-0.1, -0.05) is 6.07 Å². The van der Waals surface area contributed by atoms with Crippen LogP contribution in [0.15, 0.2) is 54.7 Å². The maximum absolute atomic E-state index is 11.9. The number of allylic oxidation sites excluding steroid dienone is 1. The number of carbonyl (C=O) groups is 1. The third-order valence-corrected chi connectivity index (χ3v) is 2.68. The van der Waals surface area contributed by atoms with E-state index >= 15 is 0 Å². The molecule has 1 aromatic heterocycles. The zero-order chi connectivity index (χ0) is 13.7. The van der Waals surface area contributed by atoms with Crippen LogP contribution in [0.5, 0.6) is 5.75 Å². The molecule has 0 bridgehead atoms. The molecule has 2 rings (SSSR count). The van der Waals surface area contributed by atoms with Crippen LogP contribution in [-0.2, 0) is 0 Å². The van der Waals surface area contributed by atoms with Gasteiger partial charge < -0.3 is 4.74 Å². The zero-order valence-corrected chi connectivity index (χ0v) is 10.6. The maximum atomic E-state index is 11.9. The van der Waals surface area contributed by atoms with Gasteiger partial charge in [0, 0.05) is 17.7 Å². The van der Waals surface area contributed by atoms with Crippen molar-refractivity contribution in [2.24, 2.45) is 0 Å². The van der Waals surface area contributed by atoms with Gasteiger partial charge in [-0.3, -0.25) is 10.5 Å². The van der Waals surface area contributed by atoms with Crippen molar-refractivity contribution in [1.82, 2.24) is 0 Å². The van der Waals surface area contributed by atoms with E-state index in [4.69, 9.17) is 10.5 Å². The second-order valence-corrected chi connectivity index (χ2v) is 3.94. The molecule has 96 valence electrons. The van der Waals surface area contributed by atoms with Crippen molar-refractivity contribution in [3.8, 4) is 5.75 Å². The molecule has 2 aromatic rings. The minimum Gasteiger partial charge on any atom is -0.497 e. The van der Waals surface area contributed by atoms with Gasteiger partial charge >= 0.3 is 0 Å². The van der Waals surface area contributed by atoms with Crippen molar-refractivity contribution in [3.05, 3.63) is 60.3 Å². The average molecular weight is 255 g/mol. The molecular formula is C15H15N2O2+. The molecule has 0 unspecified atom stereocenters. The first kappa shape index (κ1) is 12.8. The normalized spacial score (nSPS) is 10.6. The number of ketones is 1. The maximum Gasteiger partial charge on any atom is 0.276 e. The van der Waals surface area contributed by atoms with E-state index in [1.165, 1.54) is 6.08 Å². The number of carbonyl (C=O) groups excluding carboxylic acids is 1. The molecule has 0 aliphatic carbocycles. The van der Waals surface area contributed by atoms with Crippen LogP contribution >= 0.6 is 0 Å². The van der Waals surface area contributed by atoms with Crippen molar-refractivity contribution < 1.29 is 14.1 Å². The Bertz CT molecular complexity index is 604. The van der Waals surface area contributed by atoms with Crippen molar-refractivity contribution in [2.45, 2.75) is 0 Å². The third kappa shape index (κ3) is 3.19. The lowest BCUT2D eigenvalue weighted by atomic mass is 10.1. The van der Waals surface area contributed by atoms with E-state index in [1.54, 1.807) is 54.4 Å². The van der Waals surface area contributed by atoms with Crippen LogP contribution in [0, 0.1) is 0 Å². The topological polar surface area (TPSA) is 56.2 Å². The Morgan fingerprint density at radius 3 is 2.58 bits per heavy atom. The number of pyridine rings is 1. The minimum absolute atomic E-state index is 0.0848. The van der Waals surface area contributed by atoms with Gasteiger partial charge in [0.05, 0.1) is 19.5 Å². The highest BCUT2D eigenvalue weighted by Gasteiger charge is 2.03. The number of hydrogen-bond acceptors (Lipinski definition) is 3. The molecule has 0 aliphatic heterocycles. The van der Waals surface area contributed by atoms with Crippen LogP contribution in [-0.4, -0.2) is 12.9 Å². The number of nitrogen functional groups attached to an aromatic ring is 1. The Morgan fingerprint density at radius 1 is 1.21 bits per heavy atom. The van der Waals surface area contributed by atoms with Crippen LogP contribution in [0.3, 0.4) is 0 Å². The first-order chi connectivity index (χ1) is 9.20. The first-order valence-corrected chi connectivity index (χ1v) is 5.83. The second-order valence-electron chi connectivity index (χ2n) is 3.94. The average Bonchev–Trinajstić information content (AvgIpc) is 2.46. The molecule has 0 atom stereocenters. The molecule has 0 fully saturated rings. The van der Waals surface area contributed by atoms with E-state index in [2.05, 4.69) is 0 Å². The Kier molecular flexibility index (Phi) is 3.93. The fourth-order valence-corrected chi connectivity index (χ4v) is 1.60. The Labute approximate surface area is 111 Å². The van der Waals surface area contributed by atoms with E-state index in [9.17, 15) is 4.79 Å². The summed E-state index contributed by atoms with van der Waals surface area (Å²) in [5, 5.41) is 0. The summed E-state index contributed by atoms with van der Waals surface area (Å²) in [5.41, 5.74) is 6.37. The predicted octanol–water partition coefficient (Wildman–Crippen LogP) is 1.92. The van der Waals surface area contributed by atoms with Gasteiger partial charge in [0.1, 0.15) is 5.75 Å². The molecular weight excluding hydrogens is 240 g/mol. The number of rotatable bonds is 4. The summed E-state index contributed by atoms with van der Waals surface area (Å²) in [6, 6.07) is 12.4. The molecule has 0 saturated heterocycles. The third-order valence-electron chi connectivity index (χ3n) is 2.68. The summed E-state index contributed by atoms with van der Waals surface area (Å²) >= 11 is 0. The van der Waals surface area contributed by atoms with Crippen molar-refractivity contribution in [2.75, 3.05) is 12.8 Å². The van der Waals surface area contributed by atoms with E-state index in [0.717, 1.165) is 5.75 Å². The van der Waals surface area contributed by atoms with Crippen molar-refractivity contribution in [1.29, 1.82) is 0 Å². The standard InChI is InChI=1S/C15H14N2O2/c1-19-13-7-5-12(6-8-13)14(18)9-11-17-10-3-2-4-15(17)16/h2-11,16H,1H3/p+1/b11-9+. The smallest absolute Gasteiger partial charge is 0.276 e. The lowest BCUT2D eigenvalue weighted by molar-refractivity contribution is -0.552. The Balaban J connectivity index is 2.14. The summed E-state index contributed by atoms with van der Waals surface area (Å²) in [4.78, 5) is 11.9. The molecule has 0 radical (unpaired) electrons. The number of benzene rings is 1. The van der Waals surface area contributed by atoms with Gasteiger partial charge in [0.2, 0.25) is 0 Å². The van der Waals surface area contributed by atoms with Gasteiger partial charge in [0.15, 0.2) is 5.78 Å². The summed E-state index contributed by atoms with van der Waals surface area (Å²) in [6.07, 6.45) is 4.91. The monoisotopic (exact) mass is 255 g/mol. The quantitative estimate of drug-likeness (QED) is 0.516. The minimum atomic E-state index is -0.0848. The fraction of sp³-hybridized carbons (Fsp3) is 0.0667. The van der Waals surface area contributed by atoms with Gasteiger partial charge in [-0.2, -0.15) is 0 Å². The first-order valence-electron chi connectivity index (χ1n) is 5.83. The van der Waals surface area contributed by atoms with Crippen LogP contribution in [0.4, 0.5) is 5.82 Å². The van der Waals surface area contributed by atoms with Crippen LogP contribution < -0.4 is 15.0 Å². The van der Waals surface area contributed by atoms with E-state index in [-0.39, 0.29) is 5.78 Å². The highest BCUT2D eigenvalue weighted by molar-refractivity contribution is 6.05. The molecule has 1 aromatic carbocycles. The fourth-order valence-electron chi connectivity index (χ4n) is 1.60. The molecule has 4 nitrogen and oxygen atoms in total. The van der Waals surface area contributed by atoms with Gasteiger partial charge in [0.25, 0.3) is 5.82 Å². The van der Waals surface area contributed by atoms with Crippen molar-refractivity contribution >= 4 is 17.8 Å². The number of hydrogen-bond donors (Lipinski definition) is 1. The number of nitrogens with zero attached hydrogens (tertiary/aromatic N) is 1. The molecule has 19 heavy (non-hydrogen) atoms. The lowest BCUT2D eigenvalue weighted by Crippen LogP contribution is -2.29. The highest BCUT2D eigenvalue weighted by Crippen LogP contribution is 2.11. The van der Waals surface area contributed by atoms with Crippen molar-refractivity contribution in [3.63, 3.8) is 0 Å². The SMILES string of the molecule is COc1ccc(C(=O)/C=C/[n+]2ccccc2N)cc1. The predicted molar refractivity (Wildman–Crippen MR) is 73.7 cm³/mol. The molecule has 4 heteroatoms. The van der Waals surface area contributed by atoms with E-state index < -0.39 is 0 Å². The number of anilines is 1. The highest BCUT2D eigenvalue weighted by atomic mass is 16.5. The van der Waals surface area contributed by atoms with Gasteiger partial charge in [-0.15, -0.1) is 0 Å². The largest absolute Gasteiger partial charge is 0.497 e. The van der Waals surface area contributed by atoms with E-state index in [1.807, 2.05) is 12.1 Å². The molecule has 0 aliphatic rings. The lowest BCUT2D eigenvalue weighted by Gasteiger charge is -2.00. The van der Waals surface area contributed by atoms with Gasteiger partial charge in [-0.05, 0) is 30.3 Å². The summed E-state index contributed by atoms with van der Waals surface area (Å²) < 4.78 is 6.73. The molecule has 2 N–H and O–H groups in total. The zero-order valence-electron chi connectivity index (χ0n) is 10.6. The van der Waals surface area contributed by atoms with Crippen LogP contribution in [0.1, 0.15) is 10.4 Å². The molecule has 1 heterocycles. The molecule has 0 amide bonds. The van der Waals surface area contributed by atoms with Crippen LogP contribution in [0.2, 0.25) is 0 Å².